The van der Waals surface area contributed by atoms with Gasteiger partial charge in [0.05, 0.1) is 11.1 Å². The first-order chi connectivity index (χ1) is 18.2. The highest BCUT2D eigenvalue weighted by Crippen LogP contribution is 2.46. The summed E-state index contributed by atoms with van der Waals surface area (Å²) in [5, 5.41) is 15.0. The zero-order valence-electron chi connectivity index (χ0n) is 21.7. The number of likely N-dealkylation sites (N-methyl/N-ethyl adjacent to an activating group) is 1. The molecule has 3 heterocycles. The molecule has 2 aliphatic heterocycles. The van der Waals surface area contributed by atoms with E-state index in [2.05, 4.69) is 15.2 Å². The SMILES string of the molecule is CC(C)Oc1cc(-c2cc(F)cc(-c3ccnc(N4CCNCC4)c3)c2O)cc(Cl)c1N1CCN(C)C1=O. The Kier molecular flexibility index (Phi) is 7.32. The molecule has 10 heteroatoms. The first-order valence-corrected chi connectivity index (χ1v) is 13.1. The number of hydrogen-bond donors (Lipinski definition) is 2. The number of pyridine rings is 1. The molecule has 2 aliphatic rings. The topological polar surface area (TPSA) is 81.2 Å². The van der Waals surface area contributed by atoms with Crippen LogP contribution < -0.4 is 19.9 Å². The Morgan fingerprint density at radius 3 is 2.42 bits per heavy atom. The summed E-state index contributed by atoms with van der Waals surface area (Å²) in [6.45, 7) is 8.13. The quantitative estimate of drug-likeness (QED) is 0.460. The molecule has 2 aromatic carbocycles. The fraction of sp³-hybridized carbons (Fsp3) is 0.357. The summed E-state index contributed by atoms with van der Waals surface area (Å²) in [5.74, 6) is 0.576. The molecule has 0 aliphatic carbocycles. The number of phenolic OH excluding ortho intramolecular Hbond substituents is 1. The Balaban J connectivity index is 1.59. The number of phenols is 1. The Morgan fingerprint density at radius 2 is 1.76 bits per heavy atom. The van der Waals surface area contributed by atoms with E-state index in [-0.39, 0.29) is 28.5 Å². The van der Waals surface area contributed by atoms with Crippen LogP contribution in [0.15, 0.2) is 42.6 Å². The van der Waals surface area contributed by atoms with E-state index in [1.54, 1.807) is 41.2 Å². The van der Waals surface area contributed by atoms with Gasteiger partial charge in [-0.25, -0.2) is 14.2 Å². The zero-order valence-corrected chi connectivity index (χ0v) is 22.4. The molecule has 200 valence electrons. The van der Waals surface area contributed by atoms with Crippen molar-refractivity contribution in [3.8, 4) is 33.8 Å². The number of urea groups is 1. The normalized spacial score (nSPS) is 16.1. The van der Waals surface area contributed by atoms with E-state index in [9.17, 15) is 14.3 Å². The number of piperazine rings is 1. The van der Waals surface area contributed by atoms with Crippen LogP contribution in [0.4, 0.5) is 20.7 Å². The molecule has 2 fully saturated rings. The molecule has 0 bridgehead atoms. The minimum atomic E-state index is -0.504. The van der Waals surface area contributed by atoms with Crippen molar-refractivity contribution in [2.45, 2.75) is 20.0 Å². The van der Waals surface area contributed by atoms with Crippen molar-refractivity contribution in [3.63, 3.8) is 0 Å². The van der Waals surface area contributed by atoms with Crippen molar-refractivity contribution >= 4 is 29.1 Å². The van der Waals surface area contributed by atoms with Crippen molar-refractivity contribution < 1.29 is 19.0 Å². The molecule has 0 unspecified atom stereocenters. The highest BCUT2D eigenvalue weighted by Gasteiger charge is 2.31. The van der Waals surface area contributed by atoms with Crippen LogP contribution in [0.5, 0.6) is 11.5 Å². The minimum absolute atomic E-state index is 0.0832. The molecule has 2 saturated heterocycles. The number of halogens is 2. The van der Waals surface area contributed by atoms with Gasteiger partial charge in [-0.05, 0) is 61.4 Å². The van der Waals surface area contributed by atoms with Crippen molar-refractivity contribution in [1.82, 2.24) is 15.2 Å². The van der Waals surface area contributed by atoms with Crippen molar-refractivity contribution in [2.75, 3.05) is 56.1 Å². The lowest BCUT2D eigenvalue weighted by molar-refractivity contribution is 0.227. The Hall–Kier alpha value is -3.56. The molecule has 0 spiro atoms. The van der Waals surface area contributed by atoms with E-state index in [1.807, 2.05) is 19.9 Å². The molecule has 2 N–H and O–H groups in total. The summed E-state index contributed by atoms with van der Waals surface area (Å²) in [6.07, 6.45) is 1.47. The number of ether oxygens (including phenoxy) is 1. The fourth-order valence-electron chi connectivity index (χ4n) is 4.88. The first kappa shape index (κ1) is 26.1. The average molecular weight is 540 g/mol. The maximum absolute atomic E-state index is 15.0. The largest absolute Gasteiger partial charge is 0.507 e. The van der Waals surface area contributed by atoms with E-state index >= 15 is 0 Å². The molecule has 5 rings (SSSR count). The van der Waals surface area contributed by atoms with E-state index in [4.69, 9.17) is 16.3 Å². The molecule has 0 radical (unpaired) electrons. The zero-order chi connectivity index (χ0) is 27.0. The van der Waals surface area contributed by atoms with Gasteiger partial charge in [0.25, 0.3) is 0 Å². The summed E-state index contributed by atoms with van der Waals surface area (Å²) in [5.41, 5.74) is 2.21. The maximum Gasteiger partial charge on any atom is 0.324 e. The number of aromatic hydroxyl groups is 1. The first-order valence-electron chi connectivity index (χ1n) is 12.7. The molecule has 38 heavy (non-hydrogen) atoms. The molecule has 3 aromatic rings. The van der Waals surface area contributed by atoms with Crippen LogP contribution >= 0.6 is 11.6 Å². The van der Waals surface area contributed by atoms with Gasteiger partial charge in [0.15, 0.2) is 0 Å². The lowest BCUT2D eigenvalue weighted by Crippen LogP contribution is -2.43. The van der Waals surface area contributed by atoms with Gasteiger partial charge >= 0.3 is 6.03 Å². The van der Waals surface area contributed by atoms with E-state index in [1.165, 1.54) is 12.1 Å². The standard InChI is InChI=1S/C28H31ClFN5O3/c1-17(2)38-24-13-19(12-23(29)26(24)35-11-10-33(3)28(35)37)22-16-20(30)15-21(27(22)36)18-4-5-32-25(14-18)34-8-6-31-7-9-34/h4-5,12-17,31,36H,6-11H2,1-3H3. The number of amides is 2. The van der Waals surface area contributed by atoms with Crippen molar-refractivity contribution in [1.29, 1.82) is 0 Å². The summed E-state index contributed by atoms with van der Waals surface area (Å²) in [4.78, 5) is 22.6. The predicted molar refractivity (Wildman–Crippen MR) is 148 cm³/mol. The minimum Gasteiger partial charge on any atom is -0.507 e. The van der Waals surface area contributed by atoms with Crippen LogP contribution in [0.3, 0.4) is 0 Å². The smallest absolute Gasteiger partial charge is 0.324 e. The number of nitrogens with one attached hydrogen (secondary N) is 1. The highest BCUT2D eigenvalue weighted by molar-refractivity contribution is 6.34. The third-order valence-electron chi connectivity index (χ3n) is 6.76. The second-order valence-corrected chi connectivity index (χ2v) is 10.2. The van der Waals surface area contributed by atoms with Crippen molar-refractivity contribution in [2.24, 2.45) is 0 Å². The molecule has 1 aromatic heterocycles. The van der Waals surface area contributed by atoms with Gasteiger partial charge < -0.3 is 25.0 Å². The van der Waals surface area contributed by atoms with E-state index in [0.29, 0.717) is 41.2 Å². The van der Waals surface area contributed by atoms with Gasteiger partial charge in [-0.2, -0.15) is 0 Å². The molecular weight excluding hydrogens is 509 g/mol. The highest BCUT2D eigenvalue weighted by atomic mass is 35.5. The van der Waals surface area contributed by atoms with Gasteiger partial charge in [0.2, 0.25) is 0 Å². The summed E-state index contributed by atoms with van der Waals surface area (Å²) in [7, 11) is 1.73. The van der Waals surface area contributed by atoms with Gasteiger partial charge in [0.1, 0.15) is 28.8 Å². The molecular formula is C28H31ClFN5O3. The number of hydrogen-bond acceptors (Lipinski definition) is 6. The Labute approximate surface area is 226 Å². The summed E-state index contributed by atoms with van der Waals surface area (Å²) in [6, 6.07) is 9.36. The van der Waals surface area contributed by atoms with Crippen LogP contribution in [0, 0.1) is 5.82 Å². The maximum atomic E-state index is 15.0. The Bertz CT molecular complexity index is 1360. The van der Waals surface area contributed by atoms with Gasteiger partial charge in [-0.15, -0.1) is 0 Å². The van der Waals surface area contributed by atoms with Crippen molar-refractivity contribution in [3.05, 3.63) is 53.4 Å². The number of rotatable bonds is 6. The van der Waals surface area contributed by atoms with Crippen LogP contribution in [-0.2, 0) is 0 Å². The predicted octanol–water partition coefficient (Wildman–Crippen LogP) is 4.98. The van der Waals surface area contributed by atoms with Gasteiger partial charge in [-0.1, -0.05) is 11.6 Å². The molecule has 0 atom stereocenters. The van der Waals surface area contributed by atoms with Crippen LogP contribution in [-0.4, -0.2) is 73.4 Å². The van der Waals surface area contributed by atoms with E-state index < -0.39 is 5.82 Å². The number of nitrogens with zero attached hydrogens (tertiary/aromatic N) is 4. The second kappa shape index (κ2) is 10.7. The van der Waals surface area contributed by atoms with Crippen LogP contribution in [0.1, 0.15) is 13.8 Å². The molecule has 0 saturated carbocycles. The average Bonchev–Trinajstić information content (AvgIpc) is 3.22. The number of anilines is 2. The van der Waals surface area contributed by atoms with Crippen LogP contribution in [0.2, 0.25) is 5.02 Å². The lowest BCUT2D eigenvalue weighted by Gasteiger charge is -2.28. The second-order valence-electron chi connectivity index (χ2n) is 9.82. The third kappa shape index (κ3) is 5.08. The van der Waals surface area contributed by atoms with Crippen LogP contribution in [0.25, 0.3) is 22.3 Å². The Morgan fingerprint density at radius 1 is 1.05 bits per heavy atom. The number of carbonyl (C=O) groups is 1. The molecule has 2 amide bonds. The number of aromatic nitrogens is 1. The van der Waals surface area contributed by atoms with E-state index in [0.717, 1.165) is 32.0 Å². The number of carbonyl (C=O) groups excluding carboxylic acids is 1. The summed E-state index contributed by atoms with van der Waals surface area (Å²) >= 11 is 6.73. The summed E-state index contributed by atoms with van der Waals surface area (Å²) < 4.78 is 21.1. The lowest BCUT2D eigenvalue weighted by atomic mass is 9.96. The van der Waals surface area contributed by atoms with Gasteiger partial charge in [-0.3, -0.25) is 4.90 Å². The fourth-order valence-corrected chi connectivity index (χ4v) is 5.19. The van der Waals surface area contributed by atoms with Gasteiger partial charge in [0, 0.05) is 63.6 Å². The number of benzene rings is 2. The molecule has 8 nitrogen and oxygen atoms in total. The monoisotopic (exact) mass is 539 g/mol. The third-order valence-corrected chi connectivity index (χ3v) is 7.05.